The number of benzene rings is 2. The van der Waals surface area contributed by atoms with Gasteiger partial charge in [0.1, 0.15) is 46.5 Å². The molecule has 0 radical (unpaired) electrons. The van der Waals surface area contributed by atoms with Crippen LogP contribution in [0.4, 0.5) is 10.5 Å². The molecule has 4 heterocycles. The average Bonchev–Trinajstić information content (AvgIpc) is 2.09. The van der Waals surface area contributed by atoms with Crippen LogP contribution in [-0.2, 0) is 70.2 Å². The minimum Gasteiger partial charge on any atom is -0.495 e. The van der Waals surface area contributed by atoms with Crippen molar-refractivity contribution in [2.75, 3.05) is 45.6 Å². The lowest BCUT2D eigenvalue weighted by molar-refractivity contribution is -0.197. The van der Waals surface area contributed by atoms with Crippen molar-refractivity contribution in [3.63, 3.8) is 0 Å². The molecule has 0 spiro atoms. The van der Waals surface area contributed by atoms with Crippen molar-refractivity contribution in [1.82, 2.24) is 20.7 Å². The smallest absolute Gasteiger partial charge is 0.409 e. The number of carbonyl (C=O) groups excluding carboxylic acids is 8. The Morgan fingerprint density at radius 3 is 2.49 bits per heavy atom. The molecule has 446 valence electrons. The Bertz CT molecular complexity index is 2890. The molecule has 22 nitrogen and oxygen atoms in total. The average molecular weight is 1200 g/mol. The molecule has 0 aromatic heterocycles. The van der Waals surface area contributed by atoms with Gasteiger partial charge in [-0.15, -0.1) is 5.06 Å². The number of methoxy groups -OCH3 is 2. The molecule has 5 aliphatic rings. The number of anilines is 1. The van der Waals surface area contributed by atoms with Crippen LogP contribution >= 0.6 is 33.2 Å². The van der Waals surface area contributed by atoms with Gasteiger partial charge < -0.3 is 48.2 Å². The number of hydrogen-bond donors (Lipinski definition) is 3. The van der Waals surface area contributed by atoms with E-state index in [1.165, 1.54) is 59.6 Å². The zero-order chi connectivity index (χ0) is 59.8. The van der Waals surface area contributed by atoms with Crippen molar-refractivity contribution in [1.29, 1.82) is 0 Å². The molecule has 3 N–H and O–H groups in total. The van der Waals surface area contributed by atoms with Gasteiger partial charge in [0.25, 0.3) is 11.8 Å². The summed E-state index contributed by atoms with van der Waals surface area (Å²) in [6.45, 7) is 11.0. The van der Waals surface area contributed by atoms with E-state index in [0.29, 0.717) is 53.7 Å². The van der Waals surface area contributed by atoms with Gasteiger partial charge >= 0.3 is 18.0 Å². The van der Waals surface area contributed by atoms with Gasteiger partial charge in [0.15, 0.2) is 5.72 Å². The second-order valence-electron chi connectivity index (χ2n) is 21.9. The molecule has 8 atom stereocenters. The van der Waals surface area contributed by atoms with Crippen molar-refractivity contribution < 1.29 is 76.7 Å². The van der Waals surface area contributed by atoms with E-state index in [2.05, 4.69) is 15.8 Å². The maximum Gasteiger partial charge on any atom is 0.409 e. The molecule has 7 rings (SSSR count). The quantitative estimate of drug-likeness (QED) is 0.0330. The highest BCUT2D eigenvalue weighted by Crippen LogP contribution is 2.49. The van der Waals surface area contributed by atoms with Gasteiger partial charge in [-0.1, -0.05) is 63.9 Å². The number of esters is 1. The number of fused-ring (bicyclic) bond motifs is 6. The number of likely N-dealkylation sites (N-methyl/N-ethyl adjacent to an activating group) is 1. The number of nitrogens with zero attached hydrogens (tertiary/aromatic N) is 4. The van der Waals surface area contributed by atoms with E-state index in [-0.39, 0.29) is 68.4 Å². The van der Waals surface area contributed by atoms with E-state index in [4.69, 9.17) is 44.9 Å². The molecular formula is C57H73ClN6O16S2. The normalized spacial score (nSPS) is 26.6. The van der Waals surface area contributed by atoms with Gasteiger partial charge in [-0.25, -0.2) is 19.8 Å². The lowest BCUT2D eigenvalue weighted by Gasteiger charge is -2.42. The van der Waals surface area contributed by atoms with Crippen LogP contribution in [-0.4, -0.2) is 156 Å². The molecule has 2 aromatic carbocycles. The number of aliphatic hydroxyl groups is 1. The number of imide groups is 1. The van der Waals surface area contributed by atoms with Gasteiger partial charge in [-0.3, -0.25) is 29.3 Å². The van der Waals surface area contributed by atoms with Crippen molar-refractivity contribution in [3.05, 3.63) is 75.8 Å². The van der Waals surface area contributed by atoms with Gasteiger partial charge in [-0.2, -0.15) is 5.10 Å². The van der Waals surface area contributed by atoms with Crippen LogP contribution in [0.15, 0.2) is 59.2 Å². The standard InChI is InChI=1S/C57H73ClN6O16S2/c1-32-13-11-14-43(75-10)57(73)30-42(77-54(72)59-57)33(2)52-56(6,79-52)44(29-49(69)63(8)40-26-35(25-32)27-41(74-9)51(40)58)78-53(71)34(3)62(7)46(66)22-24-81-82-55(4,5)31-45(65)61-60-39-19-16-36-28-37(17-18-38(36)39)76-23-12-15-50(70)80-64-47(67)20-21-48(64)68/h11,13-14,17-18,26-28,33-34,42-44,52,73H,12,15-16,19-25,29-31H2,1-10H3,(H,59,72)(H,61,65)/b14-11+,32-13+,60-39+/t33-,34+,42+,43-,44+,52+,56+,57+/m1/s1. The summed E-state index contributed by atoms with van der Waals surface area (Å²) >= 11 is 6.84. The highest BCUT2D eigenvalue weighted by molar-refractivity contribution is 8.77. The number of hydrogen-bond acceptors (Lipinski definition) is 19. The van der Waals surface area contributed by atoms with Crippen LogP contribution < -0.4 is 25.1 Å². The number of nitrogens with one attached hydrogen (secondary N) is 2. The maximum absolute atomic E-state index is 14.4. The second-order valence-corrected chi connectivity index (χ2v) is 25.4. The Morgan fingerprint density at radius 1 is 1.05 bits per heavy atom. The van der Waals surface area contributed by atoms with Crippen molar-refractivity contribution in [2.24, 2.45) is 11.0 Å². The number of hydroxylamine groups is 2. The number of alkyl carbamates (subject to hydrolysis) is 1. The van der Waals surface area contributed by atoms with E-state index in [0.717, 1.165) is 28.0 Å². The molecule has 0 unspecified atom stereocenters. The highest BCUT2D eigenvalue weighted by Gasteiger charge is 2.64. The number of hydrazone groups is 1. The summed E-state index contributed by atoms with van der Waals surface area (Å²) in [5.74, 6) is -2.95. The topological polar surface area (TPSA) is 271 Å². The Labute approximate surface area is 490 Å². The fraction of sp³-hybridized carbons (Fsp3) is 0.561. The van der Waals surface area contributed by atoms with Crippen molar-refractivity contribution in [3.8, 4) is 11.5 Å². The Kier molecular flexibility index (Phi) is 20.9. The van der Waals surface area contributed by atoms with Gasteiger partial charge in [0.2, 0.25) is 17.7 Å². The molecule has 25 heteroatoms. The first kappa shape index (κ1) is 63.4. The Hall–Kier alpha value is -6.18. The number of allylic oxidation sites excluding steroid dienone is 3. The van der Waals surface area contributed by atoms with E-state index in [9.17, 15) is 43.5 Å². The summed E-state index contributed by atoms with van der Waals surface area (Å²) < 4.78 is 34.8. The van der Waals surface area contributed by atoms with E-state index < -0.39 is 88.2 Å². The van der Waals surface area contributed by atoms with E-state index in [1.54, 1.807) is 51.2 Å². The first-order valence-electron chi connectivity index (χ1n) is 27.1. The number of halogens is 1. The van der Waals surface area contributed by atoms with E-state index >= 15 is 0 Å². The largest absolute Gasteiger partial charge is 0.495 e. The zero-order valence-corrected chi connectivity index (χ0v) is 50.2. The van der Waals surface area contributed by atoms with Gasteiger partial charge in [0, 0.05) is 75.3 Å². The summed E-state index contributed by atoms with van der Waals surface area (Å²) in [6, 6.07) is 8.00. The fourth-order valence-electron chi connectivity index (χ4n) is 10.2. The predicted molar refractivity (Wildman–Crippen MR) is 306 cm³/mol. The van der Waals surface area contributed by atoms with Crippen LogP contribution in [0, 0.1) is 5.92 Å². The molecule has 6 amide bonds. The summed E-state index contributed by atoms with van der Waals surface area (Å²) in [7, 11) is 8.80. The lowest BCUT2D eigenvalue weighted by Crippen LogP contribution is -2.63. The zero-order valence-electron chi connectivity index (χ0n) is 47.8. The summed E-state index contributed by atoms with van der Waals surface area (Å²) in [5, 5.41) is 19.5. The molecule has 4 aliphatic heterocycles. The van der Waals surface area contributed by atoms with Gasteiger partial charge in [-0.05, 0) is 102 Å². The number of carbonyl (C=O) groups is 8. The second kappa shape index (κ2) is 27.0. The van der Waals surface area contributed by atoms with Crippen LogP contribution in [0.2, 0.25) is 5.02 Å². The summed E-state index contributed by atoms with van der Waals surface area (Å²) in [4.78, 5) is 111. The first-order valence-corrected chi connectivity index (χ1v) is 29.8. The number of amides is 6. The van der Waals surface area contributed by atoms with Crippen LogP contribution in [0.1, 0.15) is 116 Å². The minimum absolute atomic E-state index is 0.0241. The number of rotatable bonds is 19. The first-order chi connectivity index (χ1) is 38.8. The maximum atomic E-state index is 14.4. The molecule has 4 bridgehead atoms. The summed E-state index contributed by atoms with van der Waals surface area (Å²) in [6.07, 6.45) is 2.28. The van der Waals surface area contributed by atoms with Crippen molar-refractivity contribution in [2.45, 2.75) is 159 Å². The van der Waals surface area contributed by atoms with Crippen molar-refractivity contribution >= 4 is 92.2 Å². The Balaban J connectivity index is 0.918. The van der Waals surface area contributed by atoms with Crippen LogP contribution in [0.3, 0.4) is 0 Å². The molecule has 3 fully saturated rings. The third-order valence-electron chi connectivity index (χ3n) is 15.1. The third kappa shape index (κ3) is 15.5. The van der Waals surface area contributed by atoms with E-state index in [1.807, 2.05) is 39.0 Å². The SMILES string of the molecule is COc1cc2cc(c1Cl)N(C)C(=O)C[C@H](OC(=O)[C@H](C)N(C)C(=O)CCSSC(C)(C)CC(=O)N/N=C1\CCc3cc(OCCCC(=O)ON4C(=O)CCC4=O)ccc31)[C@]1(C)O[C@H]1[C@H](C)[C@@H]1C[C@@](O)(NC(=O)O1)[C@H](OC)/C=C/C=C(\C)C2. The molecule has 3 saturated heterocycles. The lowest BCUT2D eigenvalue weighted by atomic mass is 9.83. The number of aryl methyl sites for hydroxylation is 1. The highest BCUT2D eigenvalue weighted by atomic mass is 35.5. The number of epoxide rings is 1. The molecule has 2 aromatic rings. The molecule has 1 aliphatic carbocycles. The Morgan fingerprint density at radius 2 is 1.78 bits per heavy atom. The molecule has 82 heavy (non-hydrogen) atoms. The molecular weight excluding hydrogens is 1120 g/mol. The van der Waals surface area contributed by atoms with Crippen LogP contribution in [0.25, 0.3) is 0 Å². The molecule has 0 saturated carbocycles. The number of ether oxygens (including phenoxy) is 6. The van der Waals surface area contributed by atoms with Gasteiger partial charge in [0.05, 0.1) is 44.1 Å². The van der Waals surface area contributed by atoms with Crippen LogP contribution in [0.5, 0.6) is 11.5 Å². The fourth-order valence-corrected chi connectivity index (χ4v) is 13.0. The predicted octanol–water partition coefficient (Wildman–Crippen LogP) is 6.69. The minimum atomic E-state index is -1.88. The summed E-state index contributed by atoms with van der Waals surface area (Å²) in [5.41, 5.74) is 4.16. The third-order valence-corrected chi connectivity index (χ3v) is 18.8. The monoisotopic (exact) mass is 1200 g/mol.